The summed E-state index contributed by atoms with van der Waals surface area (Å²) in [6.45, 7) is 1.93. The van der Waals surface area contributed by atoms with Crippen molar-refractivity contribution in [3.05, 3.63) is 24.3 Å². The zero-order chi connectivity index (χ0) is 19.2. The van der Waals surface area contributed by atoms with Crippen molar-refractivity contribution in [3.63, 3.8) is 0 Å². The van der Waals surface area contributed by atoms with Crippen molar-refractivity contribution in [2.24, 2.45) is 11.8 Å². The van der Waals surface area contributed by atoms with Crippen LogP contribution in [0.2, 0.25) is 0 Å². The Balaban J connectivity index is 1.40. The van der Waals surface area contributed by atoms with E-state index >= 15 is 0 Å². The molecule has 6 nitrogen and oxygen atoms in total. The maximum absolute atomic E-state index is 12.5. The van der Waals surface area contributed by atoms with Gasteiger partial charge in [-0.05, 0) is 49.4 Å². The largest absolute Gasteiger partial charge is 0.497 e. The smallest absolute Gasteiger partial charge is 0.309 e. The van der Waals surface area contributed by atoms with Gasteiger partial charge in [0.2, 0.25) is 5.91 Å². The van der Waals surface area contributed by atoms with E-state index in [1.165, 1.54) is 0 Å². The topological polar surface area (TPSA) is 76.1 Å². The number of carboxylic acid groups (broad SMARTS) is 1. The number of hydrogen-bond donors (Lipinski definition) is 1. The summed E-state index contributed by atoms with van der Waals surface area (Å²) in [4.78, 5) is 26.8. The van der Waals surface area contributed by atoms with Crippen LogP contribution in [0.1, 0.15) is 25.7 Å². The molecular formula is C20H27NO5S. The SMILES string of the molecule is COc1ccc(SCCC(=O)N2CCC([C@@H]3OCCC3C(=O)O)CC2)cc1. The van der Waals surface area contributed by atoms with Crippen LogP contribution in [0, 0.1) is 11.8 Å². The highest BCUT2D eigenvalue weighted by molar-refractivity contribution is 7.99. The van der Waals surface area contributed by atoms with Crippen LogP contribution in [-0.2, 0) is 14.3 Å². The summed E-state index contributed by atoms with van der Waals surface area (Å²) in [7, 11) is 1.64. The fraction of sp³-hybridized carbons (Fsp3) is 0.600. The molecular weight excluding hydrogens is 366 g/mol. The van der Waals surface area contributed by atoms with Crippen molar-refractivity contribution < 1.29 is 24.2 Å². The van der Waals surface area contributed by atoms with E-state index in [0.29, 0.717) is 32.5 Å². The van der Waals surface area contributed by atoms with E-state index in [-0.39, 0.29) is 17.9 Å². The molecule has 2 aliphatic heterocycles. The molecule has 1 amide bonds. The lowest BCUT2D eigenvalue weighted by Gasteiger charge is -2.35. The molecule has 27 heavy (non-hydrogen) atoms. The molecule has 3 rings (SSSR count). The third kappa shape index (κ3) is 5.17. The predicted octanol–water partition coefficient (Wildman–Crippen LogP) is 2.91. The molecule has 0 aliphatic carbocycles. The van der Waals surface area contributed by atoms with Crippen molar-refractivity contribution in [3.8, 4) is 5.75 Å². The highest BCUT2D eigenvalue weighted by Gasteiger charge is 2.40. The molecule has 1 aromatic rings. The number of likely N-dealkylation sites (tertiary alicyclic amines) is 1. The minimum Gasteiger partial charge on any atom is -0.497 e. The van der Waals surface area contributed by atoms with Gasteiger partial charge in [-0.25, -0.2) is 0 Å². The number of hydrogen-bond acceptors (Lipinski definition) is 5. The van der Waals surface area contributed by atoms with Gasteiger partial charge in [-0.1, -0.05) is 0 Å². The Hall–Kier alpha value is -1.73. The Bertz CT molecular complexity index is 642. The number of rotatable bonds is 7. The number of methoxy groups -OCH3 is 1. The summed E-state index contributed by atoms with van der Waals surface area (Å²) in [5.74, 6) is 0.847. The van der Waals surface area contributed by atoms with Gasteiger partial charge in [0.25, 0.3) is 0 Å². The second-order valence-electron chi connectivity index (χ2n) is 7.06. The quantitative estimate of drug-likeness (QED) is 0.718. The van der Waals surface area contributed by atoms with Crippen LogP contribution in [-0.4, -0.2) is 60.5 Å². The van der Waals surface area contributed by atoms with Gasteiger partial charge >= 0.3 is 5.97 Å². The fourth-order valence-corrected chi connectivity index (χ4v) is 4.74. The summed E-state index contributed by atoms with van der Waals surface area (Å²) in [6, 6.07) is 7.84. The normalized spacial score (nSPS) is 23.4. The number of nitrogens with zero attached hydrogens (tertiary/aromatic N) is 1. The number of carbonyl (C=O) groups is 2. The van der Waals surface area contributed by atoms with Gasteiger partial charge in [-0.3, -0.25) is 9.59 Å². The van der Waals surface area contributed by atoms with Crippen LogP contribution in [0.15, 0.2) is 29.2 Å². The minimum absolute atomic E-state index is 0.177. The second kappa shape index (κ2) is 9.46. The van der Waals surface area contributed by atoms with E-state index in [1.54, 1.807) is 18.9 Å². The number of amides is 1. The number of carbonyl (C=O) groups excluding carboxylic acids is 1. The molecule has 2 heterocycles. The van der Waals surface area contributed by atoms with Gasteiger partial charge in [0.15, 0.2) is 0 Å². The van der Waals surface area contributed by atoms with Crippen LogP contribution in [0.5, 0.6) is 5.75 Å². The summed E-state index contributed by atoms with van der Waals surface area (Å²) >= 11 is 1.67. The van der Waals surface area contributed by atoms with Crippen molar-refractivity contribution in [2.45, 2.75) is 36.7 Å². The van der Waals surface area contributed by atoms with Crippen LogP contribution in [0.4, 0.5) is 0 Å². The first kappa shape index (κ1) is 20.0. The summed E-state index contributed by atoms with van der Waals surface area (Å²) in [6.07, 6.45) is 2.57. The molecule has 0 radical (unpaired) electrons. The molecule has 2 atom stereocenters. The Kier molecular flexibility index (Phi) is 7.01. The third-order valence-electron chi connectivity index (χ3n) is 5.45. The molecule has 0 aromatic heterocycles. The Morgan fingerprint density at radius 3 is 2.56 bits per heavy atom. The van der Waals surface area contributed by atoms with E-state index in [9.17, 15) is 14.7 Å². The van der Waals surface area contributed by atoms with Crippen molar-refractivity contribution in [1.82, 2.24) is 4.90 Å². The lowest BCUT2D eigenvalue weighted by Crippen LogP contribution is -2.43. The zero-order valence-corrected chi connectivity index (χ0v) is 16.5. The van der Waals surface area contributed by atoms with Crippen molar-refractivity contribution >= 4 is 23.6 Å². The predicted molar refractivity (Wildman–Crippen MR) is 103 cm³/mol. The molecule has 1 unspecified atom stereocenters. The number of ether oxygens (including phenoxy) is 2. The second-order valence-corrected chi connectivity index (χ2v) is 8.23. The summed E-state index contributed by atoms with van der Waals surface area (Å²) in [5.41, 5.74) is 0. The first-order chi connectivity index (χ1) is 13.1. The highest BCUT2D eigenvalue weighted by Crippen LogP contribution is 2.33. The van der Waals surface area contributed by atoms with E-state index in [0.717, 1.165) is 29.2 Å². The number of aliphatic carboxylic acids is 1. The lowest BCUT2D eigenvalue weighted by atomic mass is 9.84. The van der Waals surface area contributed by atoms with Crippen LogP contribution < -0.4 is 4.74 Å². The molecule has 0 spiro atoms. The third-order valence-corrected chi connectivity index (χ3v) is 6.47. The van der Waals surface area contributed by atoms with Gasteiger partial charge in [0.05, 0.1) is 19.1 Å². The Labute approximate surface area is 164 Å². The van der Waals surface area contributed by atoms with Gasteiger partial charge < -0.3 is 19.5 Å². The lowest BCUT2D eigenvalue weighted by molar-refractivity contribution is -0.146. The fourth-order valence-electron chi connectivity index (χ4n) is 3.90. The maximum atomic E-state index is 12.5. The number of thioether (sulfide) groups is 1. The van der Waals surface area contributed by atoms with Crippen LogP contribution in [0.25, 0.3) is 0 Å². The van der Waals surface area contributed by atoms with E-state index in [1.807, 2.05) is 29.2 Å². The number of piperidine rings is 1. The Morgan fingerprint density at radius 1 is 1.22 bits per heavy atom. The highest BCUT2D eigenvalue weighted by atomic mass is 32.2. The van der Waals surface area contributed by atoms with E-state index in [4.69, 9.17) is 9.47 Å². The van der Waals surface area contributed by atoms with Gasteiger partial charge in [0, 0.05) is 36.8 Å². The van der Waals surface area contributed by atoms with E-state index in [2.05, 4.69) is 0 Å². The summed E-state index contributed by atoms with van der Waals surface area (Å²) < 4.78 is 10.8. The first-order valence-corrected chi connectivity index (χ1v) is 10.5. The van der Waals surface area contributed by atoms with Gasteiger partial charge in [-0.2, -0.15) is 0 Å². The monoisotopic (exact) mass is 393 g/mol. The standard InChI is InChI=1S/C20H27NO5S/c1-25-15-2-4-16(5-3-15)27-13-9-18(22)21-10-6-14(7-11-21)19-17(20(23)24)8-12-26-19/h2-5,14,17,19H,6-13H2,1H3,(H,23,24)/t17?,19-/m0/s1. The Morgan fingerprint density at radius 2 is 1.93 bits per heavy atom. The van der Waals surface area contributed by atoms with Crippen molar-refractivity contribution in [2.75, 3.05) is 32.6 Å². The molecule has 1 aromatic carbocycles. The van der Waals surface area contributed by atoms with Crippen LogP contribution >= 0.6 is 11.8 Å². The number of benzene rings is 1. The van der Waals surface area contributed by atoms with Crippen molar-refractivity contribution in [1.29, 1.82) is 0 Å². The molecule has 148 valence electrons. The summed E-state index contributed by atoms with van der Waals surface area (Å²) in [5, 5.41) is 9.32. The average molecular weight is 394 g/mol. The molecule has 2 fully saturated rings. The molecule has 2 aliphatic rings. The first-order valence-electron chi connectivity index (χ1n) is 9.47. The maximum Gasteiger partial charge on any atom is 0.309 e. The molecule has 1 N–H and O–H groups in total. The van der Waals surface area contributed by atoms with Gasteiger partial charge in [-0.15, -0.1) is 11.8 Å². The molecule has 7 heteroatoms. The van der Waals surface area contributed by atoms with Crippen LogP contribution in [0.3, 0.4) is 0 Å². The van der Waals surface area contributed by atoms with E-state index < -0.39 is 11.9 Å². The van der Waals surface area contributed by atoms with Gasteiger partial charge in [0.1, 0.15) is 5.75 Å². The minimum atomic E-state index is -0.758. The molecule has 2 saturated heterocycles. The molecule has 0 bridgehead atoms. The molecule has 0 saturated carbocycles. The average Bonchev–Trinajstić information content (AvgIpc) is 3.19. The zero-order valence-electron chi connectivity index (χ0n) is 15.6. The number of carboxylic acids is 1.